The number of hydrogen-bond acceptors (Lipinski definition) is 5. The molecular formula is C14H19BrN4O2. The van der Waals surface area contributed by atoms with Crippen molar-refractivity contribution in [2.75, 3.05) is 6.61 Å². The normalized spacial score (nSPS) is 22.1. The molecule has 114 valence electrons. The van der Waals surface area contributed by atoms with Gasteiger partial charge in [0.05, 0.1) is 12.2 Å². The predicted molar refractivity (Wildman–Crippen MR) is 80.8 cm³/mol. The maximum absolute atomic E-state index is 5.95. The first-order valence-electron chi connectivity index (χ1n) is 7.02. The van der Waals surface area contributed by atoms with Gasteiger partial charge in [-0.25, -0.2) is 0 Å². The Morgan fingerprint density at radius 1 is 1.48 bits per heavy atom. The largest absolute Gasteiger partial charge is 0.372 e. The molecule has 7 heteroatoms. The predicted octanol–water partition coefficient (Wildman–Crippen LogP) is 2.41. The molecule has 0 spiro atoms. The van der Waals surface area contributed by atoms with Gasteiger partial charge >= 0.3 is 0 Å². The van der Waals surface area contributed by atoms with Gasteiger partial charge in [0.15, 0.2) is 5.76 Å². The van der Waals surface area contributed by atoms with Crippen molar-refractivity contribution in [1.82, 2.24) is 20.3 Å². The molecule has 6 nitrogen and oxygen atoms in total. The number of halogens is 1. The second-order valence-corrected chi connectivity index (χ2v) is 6.20. The van der Waals surface area contributed by atoms with Crippen LogP contribution in [0.2, 0.25) is 0 Å². The molecule has 0 unspecified atom stereocenters. The van der Waals surface area contributed by atoms with Crippen LogP contribution in [0.25, 0.3) is 0 Å². The molecule has 21 heavy (non-hydrogen) atoms. The first kappa shape index (κ1) is 14.7. The molecular weight excluding hydrogens is 336 g/mol. The quantitative estimate of drug-likeness (QED) is 0.913. The number of rotatable bonds is 4. The van der Waals surface area contributed by atoms with Gasteiger partial charge in [-0.1, -0.05) is 5.16 Å². The summed E-state index contributed by atoms with van der Waals surface area (Å²) in [7, 11) is 1.97. The molecule has 1 fully saturated rings. The summed E-state index contributed by atoms with van der Waals surface area (Å²) < 4.78 is 13.8. The van der Waals surface area contributed by atoms with E-state index < -0.39 is 0 Å². The van der Waals surface area contributed by atoms with Gasteiger partial charge in [0.1, 0.15) is 10.7 Å². The van der Waals surface area contributed by atoms with E-state index in [0.717, 1.165) is 34.8 Å². The van der Waals surface area contributed by atoms with Crippen LogP contribution in [-0.2, 0) is 18.3 Å². The molecule has 0 aromatic carbocycles. The highest BCUT2D eigenvalue weighted by atomic mass is 79.9. The van der Waals surface area contributed by atoms with E-state index in [2.05, 4.69) is 38.4 Å². The van der Waals surface area contributed by atoms with Crippen molar-refractivity contribution in [2.45, 2.75) is 39.0 Å². The minimum Gasteiger partial charge on any atom is -0.372 e. The van der Waals surface area contributed by atoms with E-state index >= 15 is 0 Å². The maximum atomic E-state index is 5.95. The first-order chi connectivity index (χ1) is 10.1. The van der Waals surface area contributed by atoms with E-state index in [9.17, 15) is 0 Å². The summed E-state index contributed by atoms with van der Waals surface area (Å²) in [5.74, 6) is 0.812. The molecule has 0 bridgehead atoms. The van der Waals surface area contributed by atoms with Crippen molar-refractivity contribution in [3.05, 3.63) is 33.4 Å². The number of aromatic nitrogens is 3. The minimum atomic E-state index is 0.0464. The average Bonchev–Trinajstić information content (AvgIpc) is 3.10. The van der Waals surface area contributed by atoms with Crippen LogP contribution in [0.4, 0.5) is 0 Å². The molecule has 0 saturated carbocycles. The lowest BCUT2D eigenvalue weighted by molar-refractivity contribution is 0.0969. The van der Waals surface area contributed by atoms with Gasteiger partial charge in [0.2, 0.25) is 0 Å². The number of aryl methyl sites for hydroxylation is 2. The number of nitrogens with zero attached hydrogens (tertiary/aromatic N) is 3. The van der Waals surface area contributed by atoms with Gasteiger partial charge in [-0.2, -0.15) is 5.10 Å². The lowest BCUT2D eigenvalue weighted by Crippen LogP contribution is -2.31. The first-order valence-corrected chi connectivity index (χ1v) is 7.81. The molecule has 0 aliphatic carbocycles. The fourth-order valence-corrected chi connectivity index (χ4v) is 3.22. The van der Waals surface area contributed by atoms with Crippen LogP contribution in [0.1, 0.15) is 35.2 Å². The van der Waals surface area contributed by atoms with Gasteiger partial charge in [-0.3, -0.25) is 4.68 Å². The standard InChI is InChI=1S/C14H19BrN4O2/c1-8-13(9(2)19(3)17-8)14-11(4-5-20-14)16-7-10-6-12(15)18-21-10/h6,11,14,16H,4-5,7H2,1-3H3/t11-,14-/m0/s1. The van der Waals surface area contributed by atoms with Crippen molar-refractivity contribution in [2.24, 2.45) is 7.05 Å². The summed E-state index contributed by atoms with van der Waals surface area (Å²) in [6.45, 7) is 5.52. The SMILES string of the molecule is Cc1nn(C)c(C)c1[C@H]1OCC[C@@H]1NCc1cc(Br)no1. The van der Waals surface area contributed by atoms with Crippen LogP contribution in [0, 0.1) is 13.8 Å². The molecule has 1 aliphatic heterocycles. The van der Waals surface area contributed by atoms with E-state index in [4.69, 9.17) is 9.26 Å². The summed E-state index contributed by atoms with van der Waals surface area (Å²) in [5.41, 5.74) is 3.40. The van der Waals surface area contributed by atoms with Crippen LogP contribution in [0.3, 0.4) is 0 Å². The highest BCUT2D eigenvalue weighted by Gasteiger charge is 2.33. The van der Waals surface area contributed by atoms with Crippen LogP contribution in [0.5, 0.6) is 0 Å². The highest BCUT2D eigenvalue weighted by molar-refractivity contribution is 9.10. The molecule has 3 heterocycles. The number of nitrogens with one attached hydrogen (secondary N) is 1. The van der Waals surface area contributed by atoms with E-state index in [-0.39, 0.29) is 12.1 Å². The number of hydrogen-bond donors (Lipinski definition) is 1. The van der Waals surface area contributed by atoms with Gasteiger partial charge < -0.3 is 14.6 Å². The molecule has 1 N–H and O–H groups in total. The van der Waals surface area contributed by atoms with Crippen molar-refractivity contribution in [3.8, 4) is 0 Å². The molecule has 2 atom stereocenters. The van der Waals surface area contributed by atoms with E-state index in [1.165, 1.54) is 5.56 Å². The van der Waals surface area contributed by atoms with Crippen LogP contribution in [0.15, 0.2) is 15.2 Å². The third-order valence-corrected chi connectivity index (χ3v) is 4.38. The van der Waals surface area contributed by atoms with Crippen molar-refractivity contribution < 1.29 is 9.26 Å². The third kappa shape index (κ3) is 2.90. The smallest absolute Gasteiger partial charge is 0.151 e. The van der Waals surface area contributed by atoms with Crippen molar-refractivity contribution in [3.63, 3.8) is 0 Å². The van der Waals surface area contributed by atoms with Crippen molar-refractivity contribution in [1.29, 1.82) is 0 Å². The van der Waals surface area contributed by atoms with Crippen LogP contribution < -0.4 is 5.32 Å². The minimum absolute atomic E-state index is 0.0464. The Morgan fingerprint density at radius 2 is 2.29 bits per heavy atom. The molecule has 0 radical (unpaired) electrons. The molecule has 1 saturated heterocycles. The van der Waals surface area contributed by atoms with E-state index in [0.29, 0.717) is 6.54 Å². The Kier molecular flexibility index (Phi) is 4.14. The second-order valence-electron chi connectivity index (χ2n) is 5.39. The summed E-state index contributed by atoms with van der Waals surface area (Å²) in [5, 5.41) is 11.8. The fraction of sp³-hybridized carbons (Fsp3) is 0.571. The van der Waals surface area contributed by atoms with E-state index in [1.54, 1.807) is 0 Å². The fourth-order valence-electron chi connectivity index (χ4n) is 2.89. The average molecular weight is 355 g/mol. The Morgan fingerprint density at radius 3 is 2.90 bits per heavy atom. The van der Waals surface area contributed by atoms with Crippen LogP contribution >= 0.6 is 15.9 Å². The molecule has 2 aromatic heterocycles. The highest BCUT2D eigenvalue weighted by Crippen LogP contribution is 2.33. The monoisotopic (exact) mass is 354 g/mol. The summed E-state index contributed by atoms with van der Waals surface area (Å²) >= 11 is 3.29. The third-order valence-electron chi connectivity index (χ3n) is 4.01. The summed E-state index contributed by atoms with van der Waals surface area (Å²) in [6, 6.07) is 2.13. The molecule has 2 aromatic rings. The lowest BCUT2D eigenvalue weighted by atomic mass is 10.0. The lowest BCUT2D eigenvalue weighted by Gasteiger charge is -2.20. The van der Waals surface area contributed by atoms with Gasteiger partial charge in [0, 0.05) is 37.0 Å². The Labute approximate surface area is 132 Å². The van der Waals surface area contributed by atoms with Gasteiger partial charge in [-0.05, 0) is 36.2 Å². The molecule has 3 rings (SSSR count). The van der Waals surface area contributed by atoms with Crippen LogP contribution in [-0.4, -0.2) is 27.6 Å². The Balaban J connectivity index is 1.73. The summed E-state index contributed by atoms with van der Waals surface area (Å²) in [6.07, 6.45) is 1.03. The van der Waals surface area contributed by atoms with Gasteiger partial charge in [0.25, 0.3) is 0 Å². The van der Waals surface area contributed by atoms with Gasteiger partial charge in [-0.15, -0.1) is 0 Å². The number of ether oxygens (including phenoxy) is 1. The maximum Gasteiger partial charge on any atom is 0.151 e. The van der Waals surface area contributed by atoms with Crippen molar-refractivity contribution >= 4 is 15.9 Å². The second kappa shape index (κ2) is 5.90. The Bertz CT molecular complexity index is 637. The molecule has 0 amide bonds. The Hall–Kier alpha value is -1.18. The topological polar surface area (TPSA) is 65.1 Å². The molecule has 1 aliphatic rings. The zero-order chi connectivity index (χ0) is 15.0. The zero-order valence-electron chi connectivity index (χ0n) is 12.4. The van der Waals surface area contributed by atoms with E-state index in [1.807, 2.05) is 24.7 Å². The zero-order valence-corrected chi connectivity index (χ0v) is 14.0. The summed E-state index contributed by atoms with van der Waals surface area (Å²) in [4.78, 5) is 0.